The summed E-state index contributed by atoms with van der Waals surface area (Å²) >= 11 is 12.0. The average Bonchev–Trinajstić information content (AvgIpc) is 2.90. The van der Waals surface area contributed by atoms with Crippen molar-refractivity contribution >= 4 is 46.0 Å². The maximum Gasteiger partial charge on any atom is 0.323 e. The molecular formula is C15H15Cl2NO5. The van der Waals surface area contributed by atoms with Crippen molar-refractivity contribution < 1.29 is 23.8 Å². The molecule has 8 heteroatoms. The summed E-state index contributed by atoms with van der Waals surface area (Å²) in [6.07, 6.45) is 1.43. The van der Waals surface area contributed by atoms with E-state index in [0.29, 0.717) is 21.6 Å². The molecule has 0 bridgehead atoms. The molecule has 0 radical (unpaired) electrons. The number of nitrogens with zero attached hydrogens (tertiary/aromatic N) is 1. The van der Waals surface area contributed by atoms with Crippen LogP contribution in [0.3, 0.4) is 0 Å². The molecule has 0 fully saturated rings. The number of aliphatic carboxylic acids is 1. The third-order valence-electron chi connectivity index (χ3n) is 3.30. The fourth-order valence-electron chi connectivity index (χ4n) is 2.16. The summed E-state index contributed by atoms with van der Waals surface area (Å²) in [5.41, 5.74) is 1.03. The maximum atomic E-state index is 12.4. The van der Waals surface area contributed by atoms with E-state index in [2.05, 4.69) is 0 Å². The molecule has 0 saturated carbocycles. The van der Waals surface area contributed by atoms with Crippen LogP contribution in [0.2, 0.25) is 10.0 Å². The first kappa shape index (κ1) is 17.6. The smallest absolute Gasteiger partial charge is 0.323 e. The van der Waals surface area contributed by atoms with Crippen LogP contribution in [0.4, 0.5) is 0 Å². The first-order chi connectivity index (χ1) is 10.9. The first-order valence-electron chi connectivity index (χ1n) is 6.76. The van der Waals surface area contributed by atoms with Gasteiger partial charge >= 0.3 is 5.97 Å². The molecule has 0 aliphatic carbocycles. The SMILES string of the molecule is COCCN(CC(=O)O)C(=O)Cc1coc2c(Cl)c(Cl)ccc12. The number of carboxylic acids is 1. The van der Waals surface area contributed by atoms with E-state index in [0.717, 1.165) is 0 Å². The third kappa shape index (κ3) is 4.16. The molecule has 0 aliphatic rings. The van der Waals surface area contributed by atoms with Crippen LogP contribution in [0.1, 0.15) is 5.56 Å². The number of fused-ring (bicyclic) bond motifs is 1. The zero-order chi connectivity index (χ0) is 17.0. The molecule has 2 aromatic rings. The van der Waals surface area contributed by atoms with Gasteiger partial charge < -0.3 is 19.2 Å². The van der Waals surface area contributed by atoms with E-state index < -0.39 is 5.97 Å². The van der Waals surface area contributed by atoms with E-state index in [4.69, 9.17) is 37.5 Å². The number of hydrogen-bond donors (Lipinski definition) is 1. The number of benzene rings is 1. The monoisotopic (exact) mass is 359 g/mol. The Kier molecular flexibility index (Phi) is 5.87. The summed E-state index contributed by atoms with van der Waals surface area (Å²) in [5, 5.41) is 10.2. The van der Waals surface area contributed by atoms with Gasteiger partial charge in [-0.1, -0.05) is 23.2 Å². The van der Waals surface area contributed by atoms with Crippen LogP contribution in [0, 0.1) is 0 Å². The summed E-state index contributed by atoms with van der Waals surface area (Å²) in [5.74, 6) is -1.42. The third-order valence-corrected chi connectivity index (χ3v) is 4.09. The van der Waals surface area contributed by atoms with Crippen LogP contribution in [0.25, 0.3) is 11.0 Å². The normalized spacial score (nSPS) is 10.9. The number of rotatable bonds is 7. The average molecular weight is 360 g/mol. The van der Waals surface area contributed by atoms with Gasteiger partial charge in [-0.05, 0) is 12.1 Å². The lowest BCUT2D eigenvalue weighted by molar-refractivity contribution is -0.144. The molecule has 124 valence electrons. The number of amides is 1. The Morgan fingerprint density at radius 3 is 2.74 bits per heavy atom. The second kappa shape index (κ2) is 7.68. The van der Waals surface area contributed by atoms with Crippen molar-refractivity contribution in [1.82, 2.24) is 4.90 Å². The van der Waals surface area contributed by atoms with E-state index in [1.807, 2.05) is 0 Å². The van der Waals surface area contributed by atoms with Crippen LogP contribution in [0.15, 0.2) is 22.8 Å². The van der Waals surface area contributed by atoms with Crippen molar-refractivity contribution in [3.63, 3.8) is 0 Å². The zero-order valence-corrected chi connectivity index (χ0v) is 13.9. The number of halogens is 2. The largest absolute Gasteiger partial charge is 0.480 e. The fraction of sp³-hybridized carbons (Fsp3) is 0.333. The van der Waals surface area contributed by atoms with Crippen LogP contribution < -0.4 is 0 Å². The summed E-state index contributed by atoms with van der Waals surface area (Å²) in [7, 11) is 1.48. The predicted octanol–water partition coefficient (Wildman–Crippen LogP) is 2.84. The Morgan fingerprint density at radius 1 is 1.35 bits per heavy atom. The summed E-state index contributed by atoms with van der Waals surface area (Å²) in [6.45, 7) is 0.0706. The standard InChI is InChI=1S/C15H15Cl2NO5/c1-22-5-4-18(7-13(20)21)12(19)6-9-8-23-15-10(9)2-3-11(16)14(15)17/h2-3,8H,4-7H2,1H3,(H,20,21). The molecule has 1 N–H and O–H groups in total. The second-order valence-corrected chi connectivity index (χ2v) is 5.66. The molecule has 0 spiro atoms. The number of carbonyl (C=O) groups excluding carboxylic acids is 1. The number of hydrogen-bond acceptors (Lipinski definition) is 4. The van der Waals surface area contributed by atoms with Crippen molar-refractivity contribution in [2.45, 2.75) is 6.42 Å². The highest BCUT2D eigenvalue weighted by Crippen LogP contribution is 2.33. The van der Waals surface area contributed by atoms with Crippen molar-refractivity contribution in [1.29, 1.82) is 0 Å². The van der Waals surface area contributed by atoms with Gasteiger partial charge in [-0.2, -0.15) is 0 Å². The molecule has 0 saturated heterocycles. The molecular weight excluding hydrogens is 345 g/mol. The minimum absolute atomic E-state index is 0.00194. The van der Waals surface area contributed by atoms with E-state index in [1.165, 1.54) is 18.3 Å². The molecule has 1 amide bonds. The molecule has 6 nitrogen and oxygen atoms in total. The lowest BCUT2D eigenvalue weighted by Gasteiger charge is -2.20. The first-order valence-corrected chi connectivity index (χ1v) is 7.52. The second-order valence-electron chi connectivity index (χ2n) is 4.88. The minimum Gasteiger partial charge on any atom is -0.480 e. The molecule has 0 aliphatic heterocycles. The Labute approximate surface area is 142 Å². The number of carbonyl (C=O) groups is 2. The van der Waals surface area contributed by atoms with Gasteiger partial charge in [-0.25, -0.2) is 0 Å². The van der Waals surface area contributed by atoms with Gasteiger partial charge in [0.05, 0.1) is 24.3 Å². The van der Waals surface area contributed by atoms with E-state index in [-0.39, 0.29) is 37.0 Å². The number of ether oxygens (including phenoxy) is 1. The minimum atomic E-state index is -1.08. The highest BCUT2D eigenvalue weighted by Gasteiger charge is 2.20. The lowest BCUT2D eigenvalue weighted by atomic mass is 10.1. The fourth-order valence-corrected chi connectivity index (χ4v) is 2.52. The molecule has 1 aromatic heterocycles. The van der Waals surface area contributed by atoms with Gasteiger partial charge in [0.25, 0.3) is 0 Å². The van der Waals surface area contributed by atoms with Gasteiger partial charge in [0.2, 0.25) is 5.91 Å². The van der Waals surface area contributed by atoms with Crippen LogP contribution in [-0.2, 0) is 20.7 Å². The number of carboxylic acid groups (broad SMARTS) is 1. The lowest BCUT2D eigenvalue weighted by Crippen LogP contribution is -2.38. The Hall–Kier alpha value is -1.76. The van der Waals surface area contributed by atoms with Crippen molar-refractivity contribution in [3.05, 3.63) is 34.0 Å². The van der Waals surface area contributed by atoms with Crippen LogP contribution in [-0.4, -0.2) is 48.7 Å². The molecule has 23 heavy (non-hydrogen) atoms. The molecule has 2 rings (SSSR count). The zero-order valence-electron chi connectivity index (χ0n) is 12.3. The van der Waals surface area contributed by atoms with Gasteiger partial charge in [-0.3, -0.25) is 9.59 Å². The summed E-state index contributed by atoms with van der Waals surface area (Å²) in [6, 6.07) is 3.34. The highest BCUT2D eigenvalue weighted by molar-refractivity contribution is 6.44. The number of furan rings is 1. The van der Waals surface area contributed by atoms with Crippen LogP contribution >= 0.6 is 23.2 Å². The summed E-state index contributed by atoms with van der Waals surface area (Å²) < 4.78 is 10.3. The van der Waals surface area contributed by atoms with Crippen molar-refractivity contribution in [3.8, 4) is 0 Å². The highest BCUT2D eigenvalue weighted by atomic mass is 35.5. The van der Waals surface area contributed by atoms with Gasteiger partial charge in [0.1, 0.15) is 11.6 Å². The quantitative estimate of drug-likeness (QED) is 0.821. The van der Waals surface area contributed by atoms with E-state index >= 15 is 0 Å². The molecule has 1 heterocycles. The Bertz CT molecular complexity index is 728. The predicted molar refractivity (Wildman–Crippen MR) is 86.0 cm³/mol. The Balaban J connectivity index is 2.21. The van der Waals surface area contributed by atoms with Gasteiger partial charge in [0, 0.05) is 24.6 Å². The molecule has 0 atom stereocenters. The topological polar surface area (TPSA) is 80.0 Å². The van der Waals surface area contributed by atoms with Crippen molar-refractivity contribution in [2.24, 2.45) is 0 Å². The van der Waals surface area contributed by atoms with Gasteiger partial charge in [-0.15, -0.1) is 0 Å². The molecule has 0 unspecified atom stereocenters. The number of methoxy groups -OCH3 is 1. The van der Waals surface area contributed by atoms with Gasteiger partial charge in [0.15, 0.2) is 5.58 Å². The van der Waals surface area contributed by atoms with Crippen molar-refractivity contribution in [2.75, 3.05) is 26.8 Å². The van der Waals surface area contributed by atoms with E-state index in [9.17, 15) is 9.59 Å². The maximum absolute atomic E-state index is 12.4. The molecule has 1 aromatic carbocycles. The van der Waals surface area contributed by atoms with Crippen LogP contribution in [0.5, 0.6) is 0 Å². The Morgan fingerprint density at radius 2 is 2.09 bits per heavy atom. The summed E-state index contributed by atoms with van der Waals surface area (Å²) in [4.78, 5) is 24.5. The van der Waals surface area contributed by atoms with E-state index in [1.54, 1.807) is 12.1 Å².